The molecule has 1 N–H and O–H groups in total. The monoisotopic (exact) mass is 217 g/mol. The Balaban J connectivity index is 3.29. The van der Waals surface area contributed by atoms with Crippen molar-refractivity contribution in [2.45, 2.75) is 12.4 Å². The summed E-state index contributed by atoms with van der Waals surface area (Å²) in [5.41, 5.74) is -4.32. The molecule has 0 aromatic rings. The van der Waals surface area contributed by atoms with Gasteiger partial charge in [0.2, 0.25) is 0 Å². The fourth-order valence-electron chi connectivity index (χ4n) is 0.779. The molecule has 1 rings (SSSR count). The minimum absolute atomic E-state index is 1.52. The second-order valence-corrected chi connectivity index (χ2v) is 2.27. The van der Waals surface area contributed by atoms with Gasteiger partial charge in [0.05, 0.1) is 0 Å². The summed E-state index contributed by atoms with van der Waals surface area (Å²) in [7, 11) is 0. The lowest BCUT2D eigenvalue weighted by Crippen LogP contribution is -2.22. The number of hydrogen-bond acceptors (Lipinski definition) is 2. The number of nitrogens with zero attached hydrogens (tertiary/aromatic N) is 2. The van der Waals surface area contributed by atoms with Gasteiger partial charge in [-0.15, -0.1) is 10.2 Å². The fraction of sp³-hybridized carbons (Fsp3) is 0.400. The average Bonchev–Trinajstić information content (AvgIpc) is 2.27. The Kier molecular flexibility index (Phi) is 2.13. The molecule has 3 nitrogen and oxygen atoms in total. The third kappa shape index (κ3) is 1.75. The third-order valence-electron chi connectivity index (χ3n) is 1.28. The molecule has 0 unspecified atom stereocenters. The quantitative estimate of drug-likeness (QED) is 0.606. The van der Waals surface area contributed by atoms with E-state index in [1.807, 2.05) is 0 Å². The normalized spacial score (nSPS) is 18.3. The number of rotatable bonds is 0. The van der Waals surface area contributed by atoms with Crippen molar-refractivity contribution in [2.75, 3.05) is 0 Å². The van der Waals surface area contributed by atoms with E-state index in [1.165, 1.54) is 0 Å². The highest BCUT2D eigenvalue weighted by Gasteiger charge is 2.50. The van der Waals surface area contributed by atoms with Gasteiger partial charge in [-0.25, -0.2) is 0 Å². The van der Waals surface area contributed by atoms with Crippen molar-refractivity contribution in [3.05, 3.63) is 11.3 Å². The van der Waals surface area contributed by atoms with Gasteiger partial charge in [-0.1, -0.05) is 0 Å². The van der Waals surface area contributed by atoms with E-state index in [-0.39, 0.29) is 0 Å². The molecule has 1 heterocycles. The van der Waals surface area contributed by atoms with E-state index in [4.69, 9.17) is 5.41 Å². The molecule has 78 valence electrons. The summed E-state index contributed by atoms with van der Waals surface area (Å²) in [5.74, 6) is -1.52. The lowest BCUT2D eigenvalue weighted by atomic mass is 10.2. The first-order chi connectivity index (χ1) is 6.14. The highest BCUT2D eigenvalue weighted by molar-refractivity contribution is 5.99. The number of nitrogens with one attached hydrogen (secondary N) is 1. The number of alkyl halides is 6. The highest BCUT2D eigenvalue weighted by atomic mass is 19.4. The molecule has 0 amide bonds. The number of hydrogen-bond donors (Lipinski definition) is 1. The first kappa shape index (κ1) is 10.7. The van der Waals surface area contributed by atoms with Crippen molar-refractivity contribution >= 4 is 5.84 Å². The van der Waals surface area contributed by atoms with Crippen molar-refractivity contribution in [1.29, 1.82) is 5.41 Å². The molecule has 0 radical (unpaired) electrons. The molecule has 9 heteroatoms. The predicted octanol–water partition coefficient (Wildman–Crippen LogP) is 2.81. The molecule has 1 aliphatic rings. The molecule has 0 bridgehead atoms. The van der Waals surface area contributed by atoms with Crippen LogP contribution in [0.15, 0.2) is 21.5 Å². The molecular formula is C5HF6N3. The van der Waals surface area contributed by atoms with Gasteiger partial charge in [0.15, 0.2) is 11.5 Å². The van der Waals surface area contributed by atoms with Crippen LogP contribution in [0.1, 0.15) is 0 Å². The summed E-state index contributed by atoms with van der Waals surface area (Å²) in [6.45, 7) is 0. The van der Waals surface area contributed by atoms with E-state index >= 15 is 0 Å². The van der Waals surface area contributed by atoms with Crippen LogP contribution in [0.5, 0.6) is 0 Å². The second-order valence-electron chi connectivity index (χ2n) is 2.27. The van der Waals surface area contributed by atoms with Gasteiger partial charge < -0.3 is 0 Å². The molecule has 0 aromatic carbocycles. The molecule has 0 aromatic heterocycles. The van der Waals surface area contributed by atoms with Crippen LogP contribution in [0, 0.1) is 5.41 Å². The Labute approximate surface area is 72.6 Å². The molecule has 0 spiro atoms. The first-order valence-corrected chi connectivity index (χ1v) is 3.03. The smallest absolute Gasteiger partial charge is 0.281 e. The zero-order valence-corrected chi connectivity index (χ0v) is 6.16. The van der Waals surface area contributed by atoms with Crippen molar-refractivity contribution < 1.29 is 26.3 Å². The number of allylic oxidation sites excluding steroid dienone is 1. The maximum Gasteiger partial charge on any atom is 0.435 e. The minimum atomic E-state index is -5.27. The number of halogens is 6. The fourth-order valence-corrected chi connectivity index (χ4v) is 0.779. The Bertz CT molecular complexity index is 316. The molecule has 0 saturated heterocycles. The highest BCUT2D eigenvalue weighted by Crippen LogP contribution is 2.40. The number of azo groups is 1. The van der Waals surface area contributed by atoms with Crippen LogP contribution in [0.2, 0.25) is 0 Å². The topological polar surface area (TPSA) is 48.6 Å². The van der Waals surface area contributed by atoms with Crippen LogP contribution in [-0.4, -0.2) is 18.2 Å². The lowest BCUT2D eigenvalue weighted by molar-refractivity contribution is -0.111. The van der Waals surface area contributed by atoms with Crippen LogP contribution in [0.4, 0.5) is 26.3 Å². The summed E-state index contributed by atoms with van der Waals surface area (Å²) in [4.78, 5) is 0. The van der Waals surface area contributed by atoms with Gasteiger partial charge in [-0.3, -0.25) is 5.41 Å². The van der Waals surface area contributed by atoms with Crippen molar-refractivity contribution in [2.24, 2.45) is 10.2 Å². The first-order valence-electron chi connectivity index (χ1n) is 3.03. The summed E-state index contributed by atoms with van der Waals surface area (Å²) in [6.07, 6.45) is -10.5. The molecular weight excluding hydrogens is 216 g/mol. The van der Waals surface area contributed by atoms with Crippen LogP contribution in [0.3, 0.4) is 0 Å². The summed E-state index contributed by atoms with van der Waals surface area (Å²) >= 11 is 0. The van der Waals surface area contributed by atoms with E-state index in [2.05, 4.69) is 10.2 Å². The average molecular weight is 217 g/mol. The van der Waals surface area contributed by atoms with Crippen LogP contribution < -0.4 is 0 Å². The Hall–Kier alpha value is -1.41. The standard InChI is InChI=1S/C5HF6N3/c6-4(7,8)1-2(5(9,10)11)13-14-3(1)12/h12H. The Morgan fingerprint density at radius 2 is 1.36 bits per heavy atom. The largest absolute Gasteiger partial charge is 0.435 e. The maximum absolute atomic E-state index is 12.0. The second kappa shape index (κ2) is 2.79. The molecule has 1 aliphatic heterocycles. The van der Waals surface area contributed by atoms with E-state index in [0.29, 0.717) is 0 Å². The van der Waals surface area contributed by atoms with Gasteiger partial charge in [0.25, 0.3) is 0 Å². The van der Waals surface area contributed by atoms with Gasteiger partial charge in [0.1, 0.15) is 5.57 Å². The summed E-state index contributed by atoms with van der Waals surface area (Å²) < 4.78 is 71.6. The Morgan fingerprint density at radius 3 is 1.64 bits per heavy atom. The van der Waals surface area contributed by atoms with Crippen molar-refractivity contribution in [3.8, 4) is 0 Å². The molecule has 14 heavy (non-hydrogen) atoms. The molecule has 0 aliphatic carbocycles. The maximum atomic E-state index is 12.0. The van der Waals surface area contributed by atoms with E-state index in [9.17, 15) is 26.3 Å². The van der Waals surface area contributed by atoms with E-state index in [1.54, 1.807) is 0 Å². The summed E-state index contributed by atoms with van der Waals surface area (Å²) in [6, 6.07) is 0. The van der Waals surface area contributed by atoms with Gasteiger partial charge in [-0.05, 0) is 0 Å². The van der Waals surface area contributed by atoms with Gasteiger partial charge in [-0.2, -0.15) is 26.3 Å². The van der Waals surface area contributed by atoms with Gasteiger partial charge >= 0.3 is 12.4 Å². The van der Waals surface area contributed by atoms with Crippen LogP contribution >= 0.6 is 0 Å². The van der Waals surface area contributed by atoms with Crippen LogP contribution in [0.25, 0.3) is 0 Å². The van der Waals surface area contributed by atoms with Crippen molar-refractivity contribution in [1.82, 2.24) is 0 Å². The van der Waals surface area contributed by atoms with E-state index < -0.39 is 29.5 Å². The zero-order valence-electron chi connectivity index (χ0n) is 6.16. The van der Waals surface area contributed by atoms with Gasteiger partial charge in [0, 0.05) is 0 Å². The molecule has 0 atom stereocenters. The summed E-state index contributed by atoms with van der Waals surface area (Å²) in [5, 5.41) is 11.2. The van der Waals surface area contributed by atoms with Crippen LogP contribution in [-0.2, 0) is 0 Å². The third-order valence-corrected chi connectivity index (χ3v) is 1.28. The minimum Gasteiger partial charge on any atom is -0.281 e. The van der Waals surface area contributed by atoms with Crippen molar-refractivity contribution in [3.63, 3.8) is 0 Å². The Morgan fingerprint density at radius 1 is 0.857 bits per heavy atom. The van der Waals surface area contributed by atoms with E-state index in [0.717, 1.165) is 0 Å². The molecule has 0 saturated carbocycles. The predicted molar refractivity (Wildman–Crippen MR) is 31.7 cm³/mol. The zero-order chi connectivity index (χ0) is 11.1. The molecule has 0 fully saturated rings. The lowest BCUT2D eigenvalue weighted by Gasteiger charge is -2.10. The number of amidine groups is 1. The SMILES string of the molecule is N=C1N=NC(C(F)(F)F)=C1C(F)(F)F.